The molecule has 21 nitrogen and oxygen atoms in total. The second kappa shape index (κ2) is 29.3. The molecule has 0 bridgehead atoms. The second-order valence-electron chi connectivity index (χ2n) is 17.0. The highest BCUT2D eigenvalue weighted by Crippen LogP contribution is 2.15. The van der Waals surface area contributed by atoms with Gasteiger partial charge in [-0.3, -0.25) is 38.6 Å². The summed E-state index contributed by atoms with van der Waals surface area (Å²) in [5, 5.41) is 36.0. The van der Waals surface area contributed by atoms with Crippen LogP contribution in [0.3, 0.4) is 0 Å². The molecule has 0 aromatic rings. The third-order valence-corrected chi connectivity index (χ3v) is 10.9. The number of hydrogen-bond acceptors (Lipinski definition) is 12. The summed E-state index contributed by atoms with van der Waals surface area (Å²) in [6.07, 6.45) is 5.69. The number of hydrogen-bond donors (Lipinski definition) is 11. The van der Waals surface area contributed by atoms with Gasteiger partial charge in [0.15, 0.2) is 5.96 Å². The molecule has 1 fully saturated rings. The molecular weight excluding hydrogens is 821 g/mol. The minimum absolute atomic E-state index is 0.112. The Morgan fingerprint density at radius 2 is 1.21 bits per heavy atom. The van der Waals surface area contributed by atoms with Crippen LogP contribution >= 0.6 is 0 Å². The second-order valence-corrected chi connectivity index (χ2v) is 17.0. The number of nitrogens with one attached hydrogen (secondary N) is 6. The molecule has 0 unspecified atom stereocenters. The molecule has 1 aliphatic heterocycles. The number of unbranched alkanes of at least 4 members (excludes halogenated alkanes) is 9. The molecule has 63 heavy (non-hydrogen) atoms. The summed E-state index contributed by atoms with van der Waals surface area (Å²) in [4.78, 5) is 111. The molecule has 21 heteroatoms. The van der Waals surface area contributed by atoms with Crippen molar-refractivity contribution in [1.29, 1.82) is 0 Å². The number of carbonyl (C=O) groups is 8. The molecular formula is C42H76N10O11. The highest BCUT2D eigenvalue weighted by atomic mass is 16.5. The number of guanidine groups is 1. The number of nitrogens with zero attached hydrogens (tertiary/aromatic N) is 1. The fraction of sp³-hybridized carbons (Fsp3) is 0.786. The summed E-state index contributed by atoms with van der Waals surface area (Å²) in [6.45, 7) is 11.1. The minimum Gasteiger partial charge on any atom is -0.458 e. The zero-order valence-corrected chi connectivity index (χ0v) is 38.2. The predicted molar refractivity (Wildman–Crippen MR) is 235 cm³/mol. The third kappa shape index (κ3) is 21.7. The number of carbonyl (C=O) groups excluding carboxylic acids is 8. The fourth-order valence-corrected chi connectivity index (χ4v) is 6.83. The molecule has 0 aliphatic carbocycles. The standard InChI is InChI=1S/C42H76N10O11/c1-8-24(4)33-38(59)50-32(23(2)3)37(58)52-34(26(6)53)39(60)48-29(22-30(43)55)36(57)47-25(5)41(62)63-27(7)35(40(61)51-33)49-31(56)21-28(54)19-17-15-13-11-9-10-12-14-16-18-20-46-42(44)45/h23-29,32-35,53-54H,8-22H2,1-7H3,(H2,43,55)(H,47,57)(H,48,60)(H,49,56)(H,50,59)(H,51,61)(H,52,58)(H4,44,45,46)/t24-,25+,26+,27+,28+,29+,32-,33+,34+,35-/m0/s1. The zero-order valence-electron chi connectivity index (χ0n) is 38.2. The van der Waals surface area contributed by atoms with E-state index in [1.165, 1.54) is 20.8 Å². The molecule has 0 aromatic carbocycles. The molecule has 0 radical (unpaired) electrons. The quantitative estimate of drug-likeness (QED) is 0.0273. The largest absolute Gasteiger partial charge is 0.458 e. The van der Waals surface area contributed by atoms with Crippen molar-refractivity contribution in [1.82, 2.24) is 31.9 Å². The van der Waals surface area contributed by atoms with Crippen molar-refractivity contribution in [2.45, 2.75) is 193 Å². The van der Waals surface area contributed by atoms with E-state index in [0.29, 0.717) is 25.8 Å². The summed E-state index contributed by atoms with van der Waals surface area (Å²) in [6, 6.07) is -8.97. The van der Waals surface area contributed by atoms with Gasteiger partial charge in [-0.05, 0) is 45.4 Å². The van der Waals surface area contributed by atoms with Crippen LogP contribution in [0.1, 0.15) is 138 Å². The van der Waals surface area contributed by atoms with Crippen LogP contribution in [-0.4, -0.2) is 125 Å². The van der Waals surface area contributed by atoms with Gasteiger partial charge in [-0.1, -0.05) is 91.9 Å². The first-order valence-electron chi connectivity index (χ1n) is 22.3. The van der Waals surface area contributed by atoms with Crippen LogP contribution in [0.2, 0.25) is 0 Å². The van der Waals surface area contributed by atoms with E-state index in [0.717, 1.165) is 57.8 Å². The molecule has 360 valence electrons. The van der Waals surface area contributed by atoms with E-state index in [2.05, 4.69) is 36.9 Å². The van der Waals surface area contributed by atoms with Crippen LogP contribution in [0, 0.1) is 11.8 Å². The van der Waals surface area contributed by atoms with E-state index in [9.17, 15) is 48.6 Å². The molecule has 10 atom stereocenters. The summed E-state index contributed by atoms with van der Waals surface area (Å²) in [5.41, 5.74) is 16.0. The first-order chi connectivity index (χ1) is 29.6. The topological polar surface area (TPSA) is 349 Å². The maximum absolute atomic E-state index is 14.1. The van der Waals surface area contributed by atoms with Crippen molar-refractivity contribution in [3.8, 4) is 0 Å². The van der Waals surface area contributed by atoms with Gasteiger partial charge < -0.3 is 64.1 Å². The average Bonchev–Trinajstić information content (AvgIpc) is 3.19. The van der Waals surface area contributed by atoms with Crippen LogP contribution in [0.5, 0.6) is 0 Å². The van der Waals surface area contributed by atoms with Gasteiger partial charge in [0.25, 0.3) is 0 Å². The number of primary amides is 1. The SMILES string of the molecule is CC[C@H](C)[C@H]1NC(=O)[C@@H](NC(=O)C[C@H](O)CCCCCCCCCCCCN=C(N)N)[C@@H](C)OC(=O)[C@@H](C)NC(=O)[C@@H](CC(N)=O)NC(=O)[C@@H]([C@@H](C)O)NC(=O)[C@H](C(C)C)NC1=O. The number of aliphatic hydroxyl groups is 2. The number of rotatable bonds is 22. The highest BCUT2D eigenvalue weighted by molar-refractivity contribution is 5.98. The van der Waals surface area contributed by atoms with Crippen LogP contribution < -0.4 is 49.1 Å². The van der Waals surface area contributed by atoms with Gasteiger partial charge in [-0.2, -0.15) is 0 Å². The lowest BCUT2D eigenvalue weighted by Crippen LogP contribution is -2.63. The molecule has 1 saturated heterocycles. The molecule has 0 spiro atoms. The monoisotopic (exact) mass is 897 g/mol. The number of amides is 7. The number of ether oxygens (including phenoxy) is 1. The number of cyclic esters (lactones) is 1. The first-order valence-corrected chi connectivity index (χ1v) is 22.3. The highest BCUT2D eigenvalue weighted by Gasteiger charge is 2.39. The van der Waals surface area contributed by atoms with Gasteiger partial charge in [0.05, 0.1) is 25.0 Å². The van der Waals surface area contributed by atoms with Crippen LogP contribution in [-0.2, 0) is 43.1 Å². The van der Waals surface area contributed by atoms with E-state index in [1.807, 2.05) is 0 Å². The Morgan fingerprint density at radius 3 is 1.73 bits per heavy atom. The van der Waals surface area contributed by atoms with Gasteiger partial charge in [0, 0.05) is 6.54 Å². The maximum Gasteiger partial charge on any atom is 0.328 e. The average molecular weight is 897 g/mol. The van der Waals surface area contributed by atoms with Crippen LogP contribution in [0.4, 0.5) is 0 Å². The molecule has 0 saturated carbocycles. The van der Waals surface area contributed by atoms with Gasteiger partial charge in [-0.15, -0.1) is 0 Å². The Balaban J connectivity index is 3.24. The number of aliphatic hydroxyl groups excluding tert-OH is 2. The van der Waals surface area contributed by atoms with Crippen molar-refractivity contribution >= 4 is 53.3 Å². The lowest BCUT2D eigenvalue weighted by molar-refractivity contribution is -0.155. The molecule has 7 amide bonds. The lowest BCUT2D eigenvalue weighted by atomic mass is 9.95. The van der Waals surface area contributed by atoms with E-state index in [1.54, 1.807) is 27.7 Å². The number of nitrogens with two attached hydrogens (primary N) is 3. The minimum atomic E-state index is -1.68. The maximum atomic E-state index is 14.1. The van der Waals surface area contributed by atoms with E-state index in [4.69, 9.17) is 21.9 Å². The molecule has 14 N–H and O–H groups in total. The Morgan fingerprint density at radius 1 is 0.698 bits per heavy atom. The van der Waals surface area contributed by atoms with Gasteiger partial charge in [0.2, 0.25) is 41.4 Å². The Labute approximate surface area is 371 Å². The molecule has 1 heterocycles. The molecule has 0 aromatic heterocycles. The lowest BCUT2D eigenvalue weighted by Gasteiger charge is -2.31. The fourth-order valence-electron chi connectivity index (χ4n) is 6.83. The van der Waals surface area contributed by atoms with Crippen molar-refractivity contribution in [3.05, 3.63) is 0 Å². The molecule has 1 aliphatic rings. The van der Waals surface area contributed by atoms with Crippen molar-refractivity contribution < 1.29 is 53.3 Å². The van der Waals surface area contributed by atoms with Gasteiger partial charge in [0.1, 0.15) is 42.4 Å². The first kappa shape index (κ1) is 56.0. The predicted octanol–water partition coefficient (Wildman–Crippen LogP) is -0.866. The summed E-state index contributed by atoms with van der Waals surface area (Å²) in [7, 11) is 0. The van der Waals surface area contributed by atoms with Gasteiger partial charge >= 0.3 is 5.97 Å². The summed E-state index contributed by atoms with van der Waals surface area (Å²) in [5.74, 6) is -8.52. The van der Waals surface area contributed by atoms with Gasteiger partial charge in [-0.25, -0.2) is 4.79 Å². The van der Waals surface area contributed by atoms with E-state index >= 15 is 0 Å². The van der Waals surface area contributed by atoms with Crippen molar-refractivity contribution in [2.75, 3.05) is 6.54 Å². The zero-order chi connectivity index (χ0) is 47.8. The van der Waals surface area contributed by atoms with Crippen molar-refractivity contribution in [3.63, 3.8) is 0 Å². The van der Waals surface area contributed by atoms with Crippen LogP contribution in [0.15, 0.2) is 4.99 Å². The number of esters is 1. The smallest absolute Gasteiger partial charge is 0.328 e. The molecule has 1 rings (SSSR count). The third-order valence-electron chi connectivity index (χ3n) is 10.9. The Hall–Kier alpha value is -5.05. The summed E-state index contributed by atoms with van der Waals surface area (Å²) < 4.78 is 5.55. The Kier molecular flexibility index (Phi) is 26.1. The van der Waals surface area contributed by atoms with Crippen molar-refractivity contribution in [2.24, 2.45) is 34.0 Å². The van der Waals surface area contributed by atoms with Crippen LogP contribution in [0.25, 0.3) is 0 Å². The number of aliphatic imine (C=N–C) groups is 1. The van der Waals surface area contributed by atoms with E-state index in [-0.39, 0.29) is 12.4 Å². The Bertz CT molecular complexity index is 1540. The summed E-state index contributed by atoms with van der Waals surface area (Å²) >= 11 is 0. The normalized spacial score (nSPS) is 24.7. The van der Waals surface area contributed by atoms with E-state index < -0.39 is 120 Å².